The second kappa shape index (κ2) is 7.03. The molecule has 1 amide bonds. The maximum Gasteiger partial charge on any atom is 0.236 e. The second-order valence-corrected chi connectivity index (χ2v) is 7.29. The van der Waals surface area contributed by atoms with E-state index in [1.165, 1.54) is 0 Å². The van der Waals surface area contributed by atoms with Gasteiger partial charge >= 0.3 is 0 Å². The number of amides is 1. The van der Waals surface area contributed by atoms with Crippen molar-refractivity contribution in [2.75, 3.05) is 31.4 Å². The summed E-state index contributed by atoms with van der Waals surface area (Å²) in [5.74, 6) is 1.33. The standard InChI is InChI=1S/C22H23N3O3/c1-25(2)17-9-7-16(8-10-17)23-21(26)22(11-12-22)20-14-19(28-24-20)15-5-4-6-18(13-15)27-3/h4-10,13-14H,11-12H2,1-3H3,(H,23,26). The largest absolute Gasteiger partial charge is 0.497 e. The summed E-state index contributed by atoms with van der Waals surface area (Å²) in [7, 11) is 5.59. The smallest absolute Gasteiger partial charge is 0.236 e. The number of methoxy groups -OCH3 is 1. The van der Waals surface area contributed by atoms with Crippen molar-refractivity contribution in [3.63, 3.8) is 0 Å². The number of nitrogens with one attached hydrogen (secondary N) is 1. The van der Waals surface area contributed by atoms with Gasteiger partial charge in [0, 0.05) is 37.1 Å². The zero-order chi connectivity index (χ0) is 19.7. The van der Waals surface area contributed by atoms with Crippen molar-refractivity contribution in [2.24, 2.45) is 0 Å². The van der Waals surface area contributed by atoms with Crippen molar-refractivity contribution >= 4 is 17.3 Å². The Bertz CT molecular complexity index is 988. The first-order valence-electron chi connectivity index (χ1n) is 9.22. The van der Waals surface area contributed by atoms with E-state index in [-0.39, 0.29) is 5.91 Å². The van der Waals surface area contributed by atoms with Crippen LogP contribution in [0.5, 0.6) is 5.75 Å². The van der Waals surface area contributed by atoms with Gasteiger partial charge in [0.25, 0.3) is 0 Å². The molecule has 2 aromatic carbocycles. The number of carbonyl (C=O) groups excluding carboxylic acids is 1. The number of hydrogen-bond acceptors (Lipinski definition) is 5. The lowest BCUT2D eigenvalue weighted by atomic mass is 10.00. The number of carbonyl (C=O) groups is 1. The fourth-order valence-corrected chi connectivity index (χ4v) is 3.23. The quantitative estimate of drug-likeness (QED) is 0.701. The minimum absolute atomic E-state index is 0.0457. The van der Waals surface area contributed by atoms with Crippen LogP contribution in [0, 0.1) is 0 Å². The van der Waals surface area contributed by atoms with Crippen LogP contribution in [0.3, 0.4) is 0 Å². The van der Waals surface area contributed by atoms with Gasteiger partial charge in [0.05, 0.1) is 18.2 Å². The van der Waals surface area contributed by atoms with E-state index in [2.05, 4.69) is 10.5 Å². The molecular formula is C22H23N3O3. The second-order valence-electron chi connectivity index (χ2n) is 7.29. The molecule has 6 heteroatoms. The van der Waals surface area contributed by atoms with Crippen molar-refractivity contribution in [1.29, 1.82) is 0 Å². The maximum atomic E-state index is 12.9. The molecule has 6 nitrogen and oxygen atoms in total. The summed E-state index contributed by atoms with van der Waals surface area (Å²) in [6, 6.07) is 17.2. The summed E-state index contributed by atoms with van der Waals surface area (Å²) >= 11 is 0. The Hall–Kier alpha value is -3.28. The van der Waals surface area contributed by atoms with Gasteiger partial charge in [-0.1, -0.05) is 17.3 Å². The van der Waals surface area contributed by atoms with Gasteiger partial charge in [-0.3, -0.25) is 4.79 Å². The third kappa shape index (κ3) is 3.33. The van der Waals surface area contributed by atoms with Crippen LogP contribution in [0.1, 0.15) is 18.5 Å². The van der Waals surface area contributed by atoms with Crippen molar-refractivity contribution in [3.8, 4) is 17.1 Å². The molecule has 0 bridgehead atoms. The minimum atomic E-state index is -0.610. The van der Waals surface area contributed by atoms with Gasteiger partial charge in [-0.2, -0.15) is 0 Å². The molecule has 1 saturated carbocycles. The van der Waals surface area contributed by atoms with Gasteiger partial charge in [-0.05, 0) is 49.2 Å². The van der Waals surface area contributed by atoms with Crippen molar-refractivity contribution < 1.29 is 14.1 Å². The molecule has 0 unspecified atom stereocenters. The first kappa shape index (κ1) is 18.1. The van der Waals surface area contributed by atoms with E-state index in [0.717, 1.165) is 35.5 Å². The molecule has 1 aliphatic rings. The monoisotopic (exact) mass is 377 g/mol. The number of ether oxygens (including phenoxy) is 1. The highest BCUT2D eigenvalue weighted by atomic mass is 16.5. The van der Waals surface area contributed by atoms with Crippen LogP contribution in [0.25, 0.3) is 11.3 Å². The predicted octanol–water partition coefficient (Wildman–Crippen LogP) is 4.09. The summed E-state index contributed by atoms with van der Waals surface area (Å²) in [4.78, 5) is 15.0. The molecule has 144 valence electrons. The van der Waals surface area contributed by atoms with Gasteiger partial charge in [0.15, 0.2) is 5.76 Å². The van der Waals surface area contributed by atoms with Crippen LogP contribution in [-0.4, -0.2) is 32.3 Å². The van der Waals surface area contributed by atoms with E-state index in [1.54, 1.807) is 7.11 Å². The van der Waals surface area contributed by atoms with Gasteiger partial charge < -0.3 is 19.5 Å². The molecule has 1 aliphatic carbocycles. The molecule has 3 aromatic rings. The van der Waals surface area contributed by atoms with Crippen LogP contribution in [-0.2, 0) is 10.2 Å². The van der Waals surface area contributed by atoms with Crippen LogP contribution >= 0.6 is 0 Å². The highest BCUT2D eigenvalue weighted by Gasteiger charge is 2.53. The van der Waals surface area contributed by atoms with E-state index in [1.807, 2.05) is 73.6 Å². The molecule has 1 N–H and O–H groups in total. The zero-order valence-electron chi connectivity index (χ0n) is 16.2. The third-order valence-corrected chi connectivity index (χ3v) is 5.18. The summed E-state index contributed by atoms with van der Waals surface area (Å²) in [6.45, 7) is 0. The zero-order valence-corrected chi connectivity index (χ0v) is 16.2. The third-order valence-electron chi connectivity index (χ3n) is 5.18. The lowest BCUT2D eigenvalue weighted by Crippen LogP contribution is -2.28. The van der Waals surface area contributed by atoms with E-state index >= 15 is 0 Å². The predicted molar refractivity (Wildman–Crippen MR) is 109 cm³/mol. The van der Waals surface area contributed by atoms with Crippen LogP contribution in [0.2, 0.25) is 0 Å². The maximum absolute atomic E-state index is 12.9. The van der Waals surface area contributed by atoms with Crippen molar-refractivity contribution in [1.82, 2.24) is 5.16 Å². The van der Waals surface area contributed by atoms with Crippen LogP contribution in [0.15, 0.2) is 59.1 Å². The Kier molecular flexibility index (Phi) is 4.55. The number of rotatable bonds is 6. The van der Waals surface area contributed by atoms with E-state index in [4.69, 9.17) is 9.26 Å². The fourth-order valence-electron chi connectivity index (χ4n) is 3.23. The van der Waals surface area contributed by atoms with E-state index < -0.39 is 5.41 Å². The normalized spacial score (nSPS) is 14.4. The molecule has 0 spiro atoms. The molecule has 1 heterocycles. The molecule has 1 fully saturated rings. The number of benzene rings is 2. The molecule has 28 heavy (non-hydrogen) atoms. The fraction of sp³-hybridized carbons (Fsp3) is 0.273. The summed E-state index contributed by atoms with van der Waals surface area (Å²) in [5.41, 5.74) is 2.79. The minimum Gasteiger partial charge on any atom is -0.497 e. The topological polar surface area (TPSA) is 67.6 Å². The first-order chi connectivity index (χ1) is 13.5. The Morgan fingerprint density at radius 3 is 2.54 bits per heavy atom. The first-order valence-corrected chi connectivity index (χ1v) is 9.22. The Labute approximate surface area is 164 Å². The molecular weight excluding hydrogens is 354 g/mol. The number of anilines is 2. The molecule has 0 saturated heterocycles. The highest BCUT2D eigenvalue weighted by molar-refractivity contribution is 6.01. The number of aromatic nitrogens is 1. The summed E-state index contributed by atoms with van der Waals surface area (Å²) < 4.78 is 10.8. The Morgan fingerprint density at radius 2 is 1.89 bits per heavy atom. The number of hydrogen-bond donors (Lipinski definition) is 1. The molecule has 0 aliphatic heterocycles. The van der Waals surface area contributed by atoms with Gasteiger partial charge in [0.2, 0.25) is 5.91 Å². The van der Waals surface area contributed by atoms with E-state index in [9.17, 15) is 4.79 Å². The highest BCUT2D eigenvalue weighted by Crippen LogP contribution is 2.49. The van der Waals surface area contributed by atoms with Crippen molar-refractivity contribution in [3.05, 3.63) is 60.3 Å². The Morgan fingerprint density at radius 1 is 1.14 bits per heavy atom. The Balaban J connectivity index is 1.52. The van der Waals surface area contributed by atoms with Crippen LogP contribution < -0.4 is 15.0 Å². The SMILES string of the molecule is COc1cccc(-c2cc(C3(C(=O)Nc4ccc(N(C)C)cc4)CC3)no2)c1. The molecule has 4 rings (SSSR count). The van der Waals surface area contributed by atoms with Gasteiger partial charge in [-0.15, -0.1) is 0 Å². The van der Waals surface area contributed by atoms with Gasteiger partial charge in [0.1, 0.15) is 5.75 Å². The van der Waals surface area contributed by atoms with Crippen LogP contribution in [0.4, 0.5) is 11.4 Å². The van der Waals surface area contributed by atoms with Crippen molar-refractivity contribution in [2.45, 2.75) is 18.3 Å². The lowest BCUT2D eigenvalue weighted by Gasteiger charge is -2.15. The molecule has 1 aromatic heterocycles. The average molecular weight is 377 g/mol. The summed E-state index contributed by atoms with van der Waals surface area (Å²) in [6.07, 6.45) is 1.53. The van der Waals surface area contributed by atoms with E-state index in [0.29, 0.717) is 11.5 Å². The summed E-state index contributed by atoms with van der Waals surface area (Å²) in [5, 5.41) is 7.22. The lowest BCUT2D eigenvalue weighted by molar-refractivity contribution is -0.118. The molecule has 0 atom stereocenters. The molecule has 0 radical (unpaired) electrons. The van der Waals surface area contributed by atoms with Gasteiger partial charge in [-0.25, -0.2) is 0 Å². The average Bonchev–Trinajstić information content (AvgIpc) is 3.38. The number of nitrogens with zero attached hydrogens (tertiary/aromatic N) is 2.